The maximum Gasteiger partial charge on any atom is 0.409 e. The smallest absolute Gasteiger partial charge is 0.409 e. The molecule has 1 saturated heterocycles. The molecule has 1 fully saturated rings. The molecule has 1 heterocycles. The molecule has 1 N–H and O–H groups in total. The van der Waals surface area contributed by atoms with Crippen molar-refractivity contribution in [3.8, 4) is 5.75 Å². The molecule has 1 aromatic carbocycles. The molecule has 3 amide bonds. The molecule has 7 nitrogen and oxygen atoms in total. The van der Waals surface area contributed by atoms with Crippen LogP contribution in [0.4, 0.5) is 15.3 Å². The number of carbonyl (C=O) groups is 2. The van der Waals surface area contributed by atoms with Crippen molar-refractivity contribution >= 4 is 17.8 Å². The molecule has 0 saturated carbocycles. The molecule has 25 heavy (non-hydrogen) atoms. The SMILES string of the molecule is COc1cccc(NC(=O)N2CCCN(C(=O)OCC(C)C)CC2)c1. The molecule has 0 unspecified atom stereocenters. The van der Waals surface area contributed by atoms with Crippen LogP contribution in [0.15, 0.2) is 24.3 Å². The van der Waals surface area contributed by atoms with Gasteiger partial charge in [0, 0.05) is 37.9 Å². The van der Waals surface area contributed by atoms with Gasteiger partial charge in [-0.2, -0.15) is 0 Å². The minimum absolute atomic E-state index is 0.175. The van der Waals surface area contributed by atoms with Crippen molar-refractivity contribution in [2.75, 3.05) is 45.2 Å². The predicted octanol–water partition coefficient (Wildman–Crippen LogP) is 3.03. The van der Waals surface area contributed by atoms with Gasteiger partial charge in [0.05, 0.1) is 13.7 Å². The Morgan fingerprint density at radius 1 is 1.16 bits per heavy atom. The molecule has 2 rings (SSSR count). The first kappa shape index (κ1) is 18.9. The number of methoxy groups -OCH3 is 1. The second kappa shape index (κ2) is 9.15. The van der Waals surface area contributed by atoms with Gasteiger partial charge in [-0.25, -0.2) is 9.59 Å². The number of ether oxygens (including phenoxy) is 2. The summed E-state index contributed by atoms with van der Waals surface area (Å²) >= 11 is 0. The standard InChI is InChI=1S/C18H27N3O4/c1-14(2)13-25-18(23)21-9-5-8-20(10-11-21)17(22)19-15-6-4-7-16(12-15)24-3/h4,6-7,12,14H,5,8-11,13H2,1-3H3,(H,19,22). The average molecular weight is 349 g/mol. The van der Waals surface area contributed by atoms with E-state index in [1.54, 1.807) is 23.0 Å². The topological polar surface area (TPSA) is 71.1 Å². The summed E-state index contributed by atoms with van der Waals surface area (Å²) in [7, 11) is 1.59. The van der Waals surface area contributed by atoms with Gasteiger partial charge in [-0.3, -0.25) is 0 Å². The highest BCUT2D eigenvalue weighted by molar-refractivity contribution is 5.89. The third-order valence-electron chi connectivity index (χ3n) is 3.90. The highest BCUT2D eigenvalue weighted by atomic mass is 16.6. The molecular formula is C18H27N3O4. The van der Waals surface area contributed by atoms with Crippen molar-refractivity contribution in [1.82, 2.24) is 9.80 Å². The van der Waals surface area contributed by atoms with Crippen molar-refractivity contribution in [3.05, 3.63) is 24.3 Å². The molecule has 1 aromatic rings. The first-order valence-electron chi connectivity index (χ1n) is 8.61. The highest BCUT2D eigenvalue weighted by Crippen LogP contribution is 2.17. The third-order valence-corrected chi connectivity index (χ3v) is 3.90. The van der Waals surface area contributed by atoms with Crippen LogP contribution in [0.2, 0.25) is 0 Å². The Bertz CT molecular complexity index is 591. The third kappa shape index (κ3) is 5.85. The Labute approximate surface area is 148 Å². The van der Waals surface area contributed by atoms with Crippen LogP contribution >= 0.6 is 0 Å². The van der Waals surface area contributed by atoms with Crippen molar-refractivity contribution in [2.45, 2.75) is 20.3 Å². The van der Waals surface area contributed by atoms with E-state index in [2.05, 4.69) is 5.32 Å². The summed E-state index contributed by atoms with van der Waals surface area (Å²) in [6.07, 6.45) is 0.422. The fourth-order valence-corrected chi connectivity index (χ4v) is 2.54. The summed E-state index contributed by atoms with van der Waals surface area (Å²) < 4.78 is 10.4. The number of rotatable bonds is 4. The molecular weight excluding hydrogens is 322 g/mol. The lowest BCUT2D eigenvalue weighted by Crippen LogP contribution is -2.39. The molecule has 1 aliphatic rings. The molecule has 1 aliphatic heterocycles. The van der Waals surface area contributed by atoms with Crippen LogP contribution in [-0.4, -0.2) is 61.8 Å². The summed E-state index contributed by atoms with van der Waals surface area (Å²) in [4.78, 5) is 27.9. The van der Waals surface area contributed by atoms with Crippen molar-refractivity contribution < 1.29 is 19.1 Å². The summed E-state index contributed by atoms with van der Waals surface area (Å²) in [6, 6.07) is 7.05. The Morgan fingerprint density at radius 2 is 1.88 bits per heavy atom. The fraction of sp³-hybridized carbons (Fsp3) is 0.556. The van der Waals surface area contributed by atoms with Gasteiger partial charge in [0.15, 0.2) is 0 Å². The zero-order chi connectivity index (χ0) is 18.2. The lowest BCUT2D eigenvalue weighted by Gasteiger charge is -2.22. The summed E-state index contributed by atoms with van der Waals surface area (Å²) in [5.41, 5.74) is 0.682. The van der Waals surface area contributed by atoms with Crippen LogP contribution in [0, 0.1) is 5.92 Å². The maximum atomic E-state index is 12.5. The van der Waals surface area contributed by atoms with E-state index in [1.807, 2.05) is 32.0 Å². The second-order valence-electron chi connectivity index (χ2n) is 6.46. The van der Waals surface area contributed by atoms with Gasteiger partial charge in [0.2, 0.25) is 0 Å². The molecule has 0 aromatic heterocycles. The Kier molecular flexibility index (Phi) is 6.91. The number of benzene rings is 1. The lowest BCUT2D eigenvalue weighted by molar-refractivity contribution is 0.0934. The molecule has 7 heteroatoms. The monoisotopic (exact) mass is 349 g/mol. The molecule has 0 bridgehead atoms. The van der Waals surface area contributed by atoms with Gasteiger partial charge < -0.3 is 24.6 Å². The molecule has 0 radical (unpaired) electrons. The number of hydrogen-bond acceptors (Lipinski definition) is 4. The summed E-state index contributed by atoms with van der Waals surface area (Å²) in [5.74, 6) is 0.994. The Morgan fingerprint density at radius 3 is 2.60 bits per heavy atom. The van der Waals surface area contributed by atoms with Gasteiger partial charge >= 0.3 is 12.1 Å². The Hall–Kier alpha value is -2.44. The number of hydrogen-bond donors (Lipinski definition) is 1. The predicted molar refractivity (Wildman–Crippen MR) is 96.0 cm³/mol. The van der Waals surface area contributed by atoms with Crippen molar-refractivity contribution in [1.29, 1.82) is 0 Å². The van der Waals surface area contributed by atoms with Gasteiger partial charge in [0.25, 0.3) is 0 Å². The molecule has 0 spiro atoms. The zero-order valence-corrected chi connectivity index (χ0v) is 15.2. The van der Waals surface area contributed by atoms with Gasteiger partial charge in [-0.05, 0) is 24.5 Å². The highest BCUT2D eigenvalue weighted by Gasteiger charge is 2.23. The van der Waals surface area contributed by atoms with Crippen LogP contribution in [-0.2, 0) is 4.74 Å². The lowest BCUT2D eigenvalue weighted by atomic mass is 10.2. The van der Waals surface area contributed by atoms with E-state index in [0.29, 0.717) is 50.1 Å². The molecule has 138 valence electrons. The first-order valence-corrected chi connectivity index (χ1v) is 8.61. The number of anilines is 1. The minimum atomic E-state index is -0.302. The average Bonchev–Trinajstić information content (AvgIpc) is 2.86. The van der Waals surface area contributed by atoms with E-state index in [4.69, 9.17) is 9.47 Å². The van der Waals surface area contributed by atoms with Crippen LogP contribution in [0.25, 0.3) is 0 Å². The number of amides is 3. The van der Waals surface area contributed by atoms with E-state index in [-0.39, 0.29) is 12.1 Å². The van der Waals surface area contributed by atoms with Crippen LogP contribution in [0.5, 0.6) is 5.75 Å². The number of carbonyl (C=O) groups excluding carboxylic acids is 2. The number of urea groups is 1. The van der Waals surface area contributed by atoms with Crippen LogP contribution in [0.3, 0.4) is 0 Å². The van der Waals surface area contributed by atoms with Crippen molar-refractivity contribution in [2.24, 2.45) is 5.92 Å². The first-order chi connectivity index (χ1) is 12.0. The maximum absolute atomic E-state index is 12.5. The van der Waals surface area contributed by atoms with E-state index >= 15 is 0 Å². The van der Waals surface area contributed by atoms with E-state index in [0.717, 1.165) is 6.42 Å². The second-order valence-corrected chi connectivity index (χ2v) is 6.46. The van der Waals surface area contributed by atoms with E-state index < -0.39 is 0 Å². The summed E-state index contributed by atoms with van der Waals surface area (Å²) in [5, 5.41) is 2.87. The number of nitrogens with one attached hydrogen (secondary N) is 1. The van der Waals surface area contributed by atoms with Gasteiger partial charge in [0.1, 0.15) is 5.75 Å². The minimum Gasteiger partial charge on any atom is -0.497 e. The van der Waals surface area contributed by atoms with Crippen LogP contribution in [0.1, 0.15) is 20.3 Å². The number of nitrogens with zero attached hydrogens (tertiary/aromatic N) is 2. The van der Waals surface area contributed by atoms with Crippen LogP contribution < -0.4 is 10.1 Å². The van der Waals surface area contributed by atoms with Crippen molar-refractivity contribution in [3.63, 3.8) is 0 Å². The van der Waals surface area contributed by atoms with Gasteiger partial charge in [-0.1, -0.05) is 19.9 Å². The molecule has 0 aliphatic carbocycles. The van der Waals surface area contributed by atoms with E-state index in [1.165, 1.54) is 0 Å². The fourth-order valence-electron chi connectivity index (χ4n) is 2.54. The quantitative estimate of drug-likeness (QED) is 0.907. The summed E-state index contributed by atoms with van der Waals surface area (Å²) in [6.45, 7) is 6.56. The Balaban J connectivity index is 1.87. The molecule has 0 atom stereocenters. The normalized spacial score (nSPS) is 14.9. The zero-order valence-electron chi connectivity index (χ0n) is 15.2. The largest absolute Gasteiger partial charge is 0.497 e. The van der Waals surface area contributed by atoms with Gasteiger partial charge in [-0.15, -0.1) is 0 Å². The van der Waals surface area contributed by atoms with E-state index in [9.17, 15) is 9.59 Å².